The molecule has 1 aromatic rings. The van der Waals surface area contributed by atoms with Gasteiger partial charge in [-0.2, -0.15) is 0 Å². The van der Waals surface area contributed by atoms with Crippen LogP contribution < -0.4 is 5.32 Å². The number of rotatable bonds is 4. The zero-order valence-corrected chi connectivity index (χ0v) is 11.7. The predicted octanol–water partition coefficient (Wildman–Crippen LogP) is 2.13. The van der Waals surface area contributed by atoms with Crippen LogP contribution in [0.4, 0.5) is 0 Å². The second kappa shape index (κ2) is 5.56. The van der Waals surface area contributed by atoms with Crippen molar-refractivity contribution in [2.75, 3.05) is 7.11 Å². The standard InChI is InChI=1S/C13H23N3O/c1-9-11(7-14-13(3,4)5)10(2)16-12(15-9)8-17-6/h14H,7-8H2,1-6H3. The molecule has 0 spiro atoms. The van der Waals surface area contributed by atoms with Crippen LogP contribution in [0.2, 0.25) is 0 Å². The number of nitrogens with zero attached hydrogens (tertiary/aromatic N) is 2. The summed E-state index contributed by atoms with van der Waals surface area (Å²) in [5.74, 6) is 0.752. The Morgan fingerprint density at radius 2 is 1.65 bits per heavy atom. The van der Waals surface area contributed by atoms with E-state index in [1.54, 1.807) is 7.11 Å². The number of hydrogen-bond donors (Lipinski definition) is 1. The summed E-state index contributed by atoms with van der Waals surface area (Å²) in [6.45, 7) is 11.8. The molecule has 0 unspecified atom stereocenters. The Bertz CT molecular complexity index is 360. The lowest BCUT2D eigenvalue weighted by Crippen LogP contribution is -2.35. The van der Waals surface area contributed by atoms with E-state index < -0.39 is 0 Å². The van der Waals surface area contributed by atoms with Crippen molar-refractivity contribution in [3.05, 3.63) is 22.8 Å². The lowest BCUT2D eigenvalue weighted by molar-refractivity contribution is 0.177. The topological polar surface area (TPSA) is 47.0 Å². The summed E-state index contributed by atoms with van der Waals surface area (Å²) in [5.41, 5.74) is 3.34. The van der Waals surface area contributed by atoms with Crippen LogP contribution in [0.1, 0.15) is 43.5 Å². The van der Waals surface area contributed by atoms with Crippen molar-refractivity contribution < 1.29 is 4.74 Å². The molecule has 1 rings (SSSR count). The Hall–Kier alpha value is -1.00. The first kappa shape index (κ1) is 14.1. The second-order valence-corrected chi connectivity index (χ2v) is 5.33. The fourth-order valence-electron chi connectivity index (χ4n) is 1.61. The van der Waals surface area contributed by atoms with Crippen LogP contribution in [-0.2, 0) is 17.9 Å². The molecule has 0 fully saturated rings. The summed E-state index contributed by atoms with van der Waals surface area (Å²) in [6, 6.07) is 0. The van der Waals surface area contributed by atoms with Crippen molar-refractivity contribution in [2.24, 2.45) is 0 Å². The van der Waals surface area contributed by atoms with Crippen molar-refractivity contribution in [3.8, 4) is 0 Å². The average molecular weight is 237 g/mol. The van der Waals surface area contributed by atoms with Gasteiger partial charge in [0.05, 0.1) is 0 Å². The van der Waals surface area contributed by atoms with Gasteiger partial charge in [0.1, 0.15) is 6.61 Å². The van der Waals surface area contributed by atoms with Gasteiger partial charge in [-0.1, -0.05) is 0 Å². The molecule has 0 aromatic carbocycles. The van der Waals surface area contributed by atoms with Gasteiger partial charge in [0.15, 0.2) is 5.82 Å². The maximum absolute atomic E-state index is 5.05. The molecule has 17 heavy (non-hydrogen) atoms. The molecule has 0 atom stereocenters. The van der Waals surface area contributed by atoms with Crippen LogP contribution in [0.25, 0.3) is 0 Å². The van der Waals surface area contributed by atoms with Crippen LogP contribution in [0.3, 0.4) is 0 Å². The van der Waals surface area contributed by atoms with Crippen LogP contribution in [0, 0.1) is 13.8 Å². The van der Waals surface area contributed by atoms with Crippen LogP contribution in [0.5, 0.6) is 0 Å². The SMILES string of the molecule is COCc1nc(C)c(CNC(C)(C)C)c(C)n1. The minimum absolute atomic E-state index is 0.101. The van der Waals surface area contributed by atoms with Crippen molar-refractivity contribution in [1.82, 2.24) is 15.3 Å². The molecule has 0 saturated heterocycles. The molecule has 0 radical (unpaired) electrons. The summed E-state index contributed by atoms with van der Waals surface area (Å²) in [7, 11) is 1.66. The summed E-state index contributed by atoms with van der Waals surface area (Å²) < 4.78 is 5.05. The van der Waals surface area contributed by atoms with E-state index >= 15 is 0 Å². The molecule has 0 aliphatic heterocycles. The van der Waals surface area contributed by atoms with Gasteiger partial charge in [-0.3, -0.25) is 0 Å². The van der Waals surface area contributed by atoms with Crippen LogP contribution in [0.15, 0.2) is 0 Å². The molecule has 1 heterocycles. The highest BCUT2D eigenvalue weighted by Gasteiger charge is 2.13. The van der Waals surface area contributed by atoms with Crippen LogP contribution in [-0.4, -0.2) is 22.6 Å². The number of aromatic nitrogens is 2. The number of methoxy groups -OCH3 is 1. The number of aryl methyl sites for hydroxylation is 2. The maximum atomic E-state index is 5.05. The van der Waals surface area contributed by atoms with Crippen molar-refractivity contribution in [3.63, 3.8) is 0 Å². The number of hydrogen-bond acceptors (Lipinski definition) is 4. The largest absolute Gasteiger partial charge is 0.377 e. The molecule has 96 valence electrons. The highest BCUT2D eigenvalue weighted by Crippen LogP contribution is 2.12. The minimum Gasteiger partial charge on any atom is -0.377 e. The highest BCUT2D eigenvalue weighted by atomic mass is 16.5. The molecule has 0 bridgehead atoms. The van der Waals surface area contributed by atoms with Gasteiger partial charge >= 0.3 is 0 Å². The van der Waals surface area contributed by atoms with Gasteiger partial charge in [0, 0.05) is 36.1 Å². The molecule has 0 amide bonds. The van der Waals surface area contributed by atoms with Crippen molar-refractivity contribution >= 4 is 0 Å². The van der Waals surface area contributed by atoms with E-state index in [9.17, 15) is 0 Å². The first-order chi connectivity index (χ1) is 7.83. The summed E-state index contributed by atoms with van der Waals surface area (Å²) in [6.07, 6.45) is 0. The molecular formula is C13H23N3O. The Morgan fingerprint density at radius 1 is 1.12 bits per heavy atom. The van der Waals surface area contributed by atoms with Gasteiger partial charge in [0.25, 0.3) is 0 Å². The van der Waals surface area contributed by atoms with Gasteiger partial charge in [-0.15, -0.1) is 0 Å². The summed E-state index contributed by atoms with van der Waals surface area (Å²) in [4.78, 5) is 8.90. The lowest BCUT2D eigenvalue weighted by Gasteiger charge is -2.21. The zero-order chi connectivity index (χ0) is 13.1. The monoisotopic (exact) mass is 237 g/mol. The molecule has 0 aliphatic rings. The van der Waals surface area contributed by atoms with Gasteiger partial charge < -0.3 is 10.1 Å². The van der Waals surface area contributed by atoms with Gasteiger partial charge in [-0.25, -0.2) is 9.97 Å². The fraction of sp³-hybridized carbons (Fsp3) is 0.692. The predicted molar refractivity (Wildman–Crippen MR) is 68.8 cm³/mol. The number of nitrogens with one attached hydrogen (secondary N) is 1. The van der Waals surface area contributed by atoms with E-state index in [1.165, 1.54) is 5.56 Å². The Morgan fingerprint density at radius 3 is 2.06 bits per heavy atom. The van der Waals surface area contributed by atoms with E-state index in [0.717, 1.165) is 23.8 Å². The second-order valence-electron chi connectivity index (χ2n) is 5.33. The Balaban J connectivity index is 2.86. The minimum atomic E-state index is 0.101. The van der Waals surface area contributed by atoms with E-state index in [4.69, 9.17) is 4.74 Å². The summed E-state index contributed by atoms with van der Waals surface area (Å²) >= 11 is 0. The fourth-order valence-corrected chi connectivity index (χ4v) is 1.61. The van der Waals surface area contributed by atoms with Gasteiger partial charge in [-0.05, 0) is 34.6 Å². The van der Waals surface area contributed by atoms with E-state index in [1.807, 2.05) is 13.8 Å². The maximum Gasteiger partial charge on any atom is 0.154 e. The first-order valence-corrected chi connectivity index (χ1v) is 5.90. The highest BCUT2D eigenvalue weighted by molar-refractivity contribution is 5.24. The third-order valence-corrected chi connectivity index (χ3v) is 2.54. The average Bonchev–Trinajstić information content (AvgIpc) is 2.14. The molecule has 0 aliphatic carbocycles. The molecular weight excluding hydrogens is 214 g/mol. The molecule has 1 aromatic heterocycles. The van der Waals surface area contributed by atoms with Crippen LogP contribution >= 0.6 is 0 Å². The molecule has 1 N–H and O–H groups in total. The zero-order valence-electron chi connectivity index (χ0n) is 11.7. The van der Waals surface area contributed by atoms with Crippen molar-refractivity contribution in [2.45, 2.75) is 53.3 Å². The van der Waals surface area contributed by atoms with Gasteiger partial charge in [0.2, 0.25) is 0 Å². The third kappa shape index (κ3) is 4.40. The molecule has 0 saturated carbocycles. The summed E-state index contributed by atoms with van der Waals surface area (Å²) in [5, 5.41) is 3.46. The van der Waals surface area contributed by atoms with E-state index in [0.29, 0.717) is 6.61 Å². The van der Waals surface area contributed by atoms with Crippen molar-refractivity contribution in [1.29, 1.82) is 0 Å². The molecule has 4 nitrogen and oxygen atoms in total. The normalized spacial score (nSPS) is 11.9. The van der Waals surface area contributed by atoms with E-state index in [2.05, 4.69) is 36.1 Å². The Labute approximate surface area is 104 Å². The quantitative estimate of drug-likeness (QED) is 0.871. The number of ether oxygens (including phenoxy) is 1. The third-order valence-electron chi connectivity index (χ3n) is 2.54. The lowest BCUT2D eigenvalue weighted by atomic mass is 10.1. The Kier molecular flexibility index (Phi) is 4.60. The smallest absolute Gasteiger partial charge is 0.154 e. The molecule has 4 heteroatoms. The van der Waals surface area contributed by atoms with E-state index in [-0.39, 0.29) is 5.54 Å². The first-order valence-electron chi connectivity index (χ1n) is 5.90.